The van der Waals surface area contributed by atoms with Gasteiger partial charge in [-0.2, -0.15) is 4.98 Å². The Morgan fingerprint density at radius 2 is 2.05 bits per heavy atom. The number of allylic oxidation sites excluding steroid dienone is 1. The van der Waals surface area contributed by atoms with E-state index in [0.29, 0.717) is 5.56 Å². The maximum atomic E-state index is 13.9. The van der Waals surface area contributed by atoms with Crippen LogP contribution < -0.4 is 11.0 Å². The number of hydrogen-bond donors (Lipinski definition) is 1. The Morgan fingerprint density at radius 1 is 1.27 bits per heavy atom. The van der Waals surface area contributed by atoms with Crippen LogP contribution in [0.3, 0.4) is 0 Å². The fraction of sp³-hybridized carbons (Fsp3) is 0.250. The molecule has 0 bridgehead atoms. The van der Waals surface area contributed by atoms with E-state index in [1.54, 1.807) is 24.3 Å². The Kier molecular flexibility index (Phi) is 5.41. The van der Waals surface area contributed by atoms with Crippen LogP contribution >= 0.6 is 0 Å². The molecule has 116 valence electrons. The van der Waals surface area contributed by atoms with Gasteiger partial charge in [-0.15, -0.1) is 0 Å². The molecule has 0 spiro atoms. The highest BCUT2D eigenvalue weighted by Crippen LogP contribution is 2.11. The topological polar surface area (TPSA) is 46.9 Å². The molecule has 6 heteroatoms. The van der Waals surface area contributed by atoms with E-state index < -0.39 is 17.3 Å². The van der Waals surface area contributed by atoms with Gasteiger partial charge in [-0.25, -0.2) is 13.6 Å². The summed E-state index contributed by atoms with van der Waals surface area (Å²) in [6.07, 6.45) is 6.05. The van der Waals surface area contributed by atoms with Crippen molar-refractivity contribution in [1.82, 2.24) is 9.55 Å². The largest absolute Gasteiger partial charge is 0.363 e. The van der Waals surface area contributed by atoms with Crippen molar-refractivity contribution in [3.63, 3.8) is 0 Å². The smallest absolute Gasteiger partial charge is 0.353 e. The van der Waals surface area contributed by atoms with E-state index in [2.05, 4.69) is 10.3 Å². The van der Waals surface area contributed by atoms with Gasteiger partial charge in [0, 0.05) is 18.3 Å². The predicted octanol–water partition coefficient (Wildman–Crippen LogP) is 3.40. The van der Waals surface area contributed by atoms with E-state index in [4.69, 9.17) is 0 Å². The molecule has 0 unspecified atom stereocenters. The van der Waals surface area contributed by atoms with Crippen LogP contribution in [-0.2, 0) is 6.54 Å². The summed E-state index contributed by atoms with van der Waals surface area (Å²) in [5.74, 6) is -1.25. The molecule has 1 aromatic heterocycles. The summed E-state index contributed by atoms with van der Waals surface area (Å²) in [5, 5.41) is 2.64. The van der Waals surface area contributed by atoms with Crippen molar-refractivity contribution in [1.29, 1.82) is 0 Å². The van der Waals surface area contributed by atoms with Gasteiger partial charge >= 0.3 is 5.69 Å². The van der Waals surface area contributed by atoms with Gasteiger partial charge in [0.25, 0.3) is 0 Å². The second-order valence-corrected chi connectivity index (χ2v) is 4.75. The van der Waals surface area contributed by atoms with Crippen LogP contribution in [0.5, 0.6) is 0 Å². The summed E-state index contributed by atoms with van der Waals surface area (Å²) < 4.78 is 28.5. The molecule has 1 aromatic carbocycles. The molecular formula is C16H17F2N3O. The number of halogens is 2. The van der Waals surface area contributed by atoms with Gasteiger partial charge < -0.3 is 5.32 Å². The molecule has 0 aliphatic heterocycles. The van der Waals surface area contributed by atoms with E-state index in [0.717, 1.165) is 23.6 Å². The summed E-state index contributed by atoms with van der Waals surface area (Å²) in [5.41, 5.74) is -0.222. The van der Waals surface area contributed by atoms with Crippen molar-refractivity contribution < 1.29 is 8.78 Å². The fourth-order valence-electron chi connectivity index (χ4n) is 1.85. The molecule has 0 radical (unpaired) electrons. The second-order valence-electron chi connectivity index (χ2n) is 4.75. The maximum absolute atomic E-state index is 13.9. The number of unbranched alkanes of at least 4 members (excludes halogenated alkanes) is 1. The maximum Gasteiger partial charge on any atom is 0.353 e. The number of anilines is 1. The number of aromatic nitrogens is 2. The van der Waals surface area contributed by atoms with E-state index in [-0.39, 0.29) is 12.4 Å². The summed E-state index contributed by atoms with van der Waals surface area (Å²) in [6, 6.07) is 6.15. The number of nitrogens with one attached hydrogen (secondary N) is 1. The van der Waals surface area contributed by atoms with Crippen LogP contribution in [0.2, 0.25) is 0 Å². The van der Waals surface area contributed by atoms with E-state index >= 15 is 0 Å². The van der Waals surface area contributed by atoms with Crippen molar-refractivity contribution in [2.24, 2.45) is 0 Å². The van der Waals surface area contributed by atoms with Gasteiger partial charge in [0.05, 0.1) is 6.20 Å². The molecule has 1 N–H and O–H groups in total. The second kappa shape index (κ2) is 7.49. The minimum Gasteiger partial charge on any atom is -0.363 e. The number of hydrogen-bond acceptors (Lipinski definition) is 3. The molecule has 2 aromatic rings. The van der Waals surface area contributed by atoms with Gasteiger partial charge in [-0.3, -0.25) is 4.57 Å². The lowest BCUT2D eigenvalue weighted by molar-refractivity contribution is 0.601. The Labute approximate surface area is 127 Å². The third kappa shape index (κ3) is 4.00. The third-order valence-electron chi connectivity index (χ3n) is 3.03. The van der Waals surface area contributed by atoms with Gasteiger partial charge in [0.2, 0.25) is 0 Å². The van der Waals surface area contributed by atoms with Crippen molar-refractivity contribution in [2.45, 2.75) is 26.3 Å². The van der Waals surface area contributed by atoms with Crippen LogP contribution in [0, 0.1) is 11.6 Å². The first-order valence-corrected chi connectivity index (χ1v) is 7.04. The normalized spacial score (nSPS) is 11.0. The summed E-state index contributed by atoms with van der Waals surface area (Å²) in [4.78, 5) is 15.4. The van der Waals surface area contributed by atoms with Crippen molar-refractivity contribution in [2.75, 3.05) is 5.32 Å². The average molecular weight is 305 g/mol. The van der Waals surface area contributed by atoms with Gasteiger partial charge in [0.15, 0.2) is 11.6 Å². The van der Waals surface area contributed by atoms with Crippen LogP contribution in [0.25, 0.3) is 6.20 Å². The van der Waals surface area contributed by atoms with Crippen molar-refractivity contribution >= 4 is 12.0 Å². The Morgan fingerprint density at radius 3 is 2.77 bits per heavy atom. The molecule has 1 heterocycles. The highest BCUT2D eigenvalue weighted by molar-refractivity contribution is 5.37. The summed E-state index contributed by atoms with van der Waals surface area (Å²) in [7, 11) is 0. The van der Waals surface area contributed by atoms with Gasteiger partial charge in [-0.1, -0.05) is 37.6 Å². The monoisotopic (exact) mass is 305 g/mol. The van der Waals surface area contributed by atoms with Crippen LogP contribution in [0.15, 0.2) is 41.3 Å². The van der Waals surface area contributed by atoms with Gasteiger partial charge in [0.1, 0.15) is 5.82 Å². The standard InChI is InChI=1S/C16H17F2N3O/c1-2-3-6-9-21-11-14(18)15(20-16(21)22)19-10-12-7-4-5-8-13(12)17/h4-9,11H,2-3,10H2,1H3,(H,19,20,22)/b9-6+. The molecule has 0 saturated carbocycles. The molecular weight excluding hydrogens is 288 g/mol. The SMILES string of the molecule is CCC/C=C/n1cc(F)c(NCc2ccccc2F)nc1=O. The summed E-state index contributed by atoms with van der Waals surface area (Å²) >= 11 is 0. The predicted molar refractivity (Wildman–Crippen MR) is 82.4 cm³/mol. The molecule has 0 saturated heterocycles. The third-order valence-corrected chi connectivity index (χ3v) is 3.03. The lowest BCUT2D eigenvalue weighted by Gasteiger charge is -2.08. The first kappa shape index (κ1) is 15.9. The molecule has 4 nitrogen and oxygen atoms in total. The van der Waals surface area contributed by atoms with Crippen LogP contribution in [0.1, 0.15) is 25.3 Å². The molecule has 0 atom stereocenters. The van der Waals surface area contributed by atoms with E-state index in [1.165, 1.54) is 12.3 Å². The zero-order valence-electron chi connectivity index (χ0n) is 12.2. The average Bonchev–Trinajstić information content (AvgIpc) is 2.50. The van der Waals surface area contributed by atoms with Crippen molar-refractivity contribution in [3.05, 3.63) is 64.2 Å². The van der Waals surface area contributed by atoms with Gasteiger partial charge in [-0.05, 0) is 12.5 Å². The lowest BCUT2D eigenvalue weighted by Crippen LogP contribution is -2.21. The van der Waals surface area contributed by atoms with E-state index in [9.17, 15) is 13.6 Å². The molecule has 2 rings (SSSR count). The first-order chi connectivity index (χ1) is 10.6. The zero-order chi connectivity index (χ0) is 15.9. The molecule has 0 fully saturated rings. The number of benzene rings is 1. The van der Waals surface area contributed by atoms with E-state index in [1.807, 2.05) is 6.92 Å². The minimum absolute atomic E-state index is 0.0473. The Hall–Kier alpha value is -2.50. The van der Waals surface area contributed by atoms with Crippen LogP contribution in [-0.4, -0.2) is 9.55 Å². The first-order valence-electron chi connectivity index (χ1n) is 7.04. The lowest BCUT2D eigenvalue weighted by atomic mass is 10.2. The number of rotatable bonds is 6. The Balaban J connectivity index is 2.14. The van der Waals surface area contributed by atoms with Crippen molar-refractivity contribution in [3.8, 4) is 0 Å². The number of nitrogens with zero attached hydrogens (tertiary/aromatic N) is 2. The highest BCUT2D eigenvalue weighted by Gasteiger charge is 2.08. The summed E-state index contributed by atoms with van der Waals surface area (Å²) in [6.45, 7) is 2.05. The molecule has 0 aliphatic carbocycles. The molecule has 0 aliphatic rings. The molecule has 22 heavy (non-hydrogen) atoms. The fourth-order valence-corrected chi connectivity index (χ4v) is 1.85. The zero-order valence-corrected chi connectivity index (χ0v) is 12.2. The minimum atomic E-state index is -0.669. The highest BCUT2D eigenvalue weighted by atomic mass is 19.1. The Bertz CT molecular complexity index is 726. The van der Waals surface area contributed by atoms with Crippen LogP contribution in [0.4, 0.5) is 14.6 Å². The quantitative estimate of drug-likeness (QED) is 0.889. The molecule has 0 amide bonds.